The average molecular weight is 519 g/mol. The molecule has 0 aliphatic carbocycles. The lowest BCUT2D eigenvalue weighted by Crippen LogP contribution is -2.44. The first-order valence-electron chi connectivity index (χ1n) is 13.4. The van der Waals surface area contributed by atoms with Gasteiger partial charge in [0.1, 0.15) is 11.6 Å². The van der Waals surface area contributed by atoms with Crippen LogP contribution in [0.2, 0.25) is 0 Å². The zero-order valence-electron chi connectivity index (χ0n) is 22.1. The van der Waals surface area contributed by atoms with Crippen LogP contribution >= 0.6 is 0 Å². The highest BCUT2D eigenvalue weighted by atomic mass is 19.1. The van der Waals surface area contributed by atoms with E-state index < -0.39 is 5.97 Å². The number of nitrogens with zero attached hydrogens (tertiary/aromatic N) is 2. The van der Waals surface area contributed by atoms with E-state index in [9.17, 15) is 14.3 Å². The predicted octanol–water partition coefficient (Wildman–Crippen LogP) is 5.90. The Bertz CT molecular complexity index is 1270. The average Bonchev–Trinajstić information content (AvgIpc) is 3.35. The molecule has 0 unspecified atom stereocenters. The second-order valence-corrected chi connectivity index (χ2v) is 10.4. The molecule has 1 N–H and O–H groups in total. The third-order valence-electron chi connectivity index (χ3n) is 7.88. The zero-order valence-corrected chi connectivity index (χ0v) is 22.1. The Balaban J connectivity index is 1.40. The predicted molar refractivity (Wildman–Crippen MR) is 145 cm³/mol. The SMILES string of the molecule is Cc1nc(C)c(-c2ccc(OCCc3ccc(F)cc3)cc2)c(N2CCC3(CCCO3)CC2)c1CC(=O)O. The van der Waals surface area contributed by atoms with Crippen molar-refractivity contribution >= 4 is 11.7 Å². The van der Waals surface area contributed by atoms with E-state index in [0.717, 1.165) is 90.5 Å². The molecule has 2 aliphatic rings. The van der Waals surface area contributed by atoms with Crippen LogP contribution in [-0.4, -0.2) is 48.0 Å². The number of carboxylic acids is 1. The van der Waals surface area contributed by atoms with E-state index in [1.807, 2.05) is 38.1 Å². The van der Waals surface area contributed by atoms with Crippen LogP contribution in [0.1, 0.15) is 48.2 Å². The summed E-state index contributed by atoms with van der Waals surface area (Å²) in [5.41, 5.74) is 6.37. The number of halogens is 1. The summed E-state index contributed by atoms with van der Waals surface area (Å²) in [6.07, 6.45) is 4.73. The highest BCUT2D eigenvalue weighted by Gasteiger charge is 2.39. The maximum Gasteiger partial charge on any atom is 0.307 e. The normalized spacial score (nSPS) is 16.7. The van der Waals surface area contributed by atoms with Crippen molar-refractivity contribution in [3.8, 4) is 16.9 Å². The smallest absolute Gasteiger partial charge is 0.307 e. The first-order chi connectivity index (χ1) is 18.3. The van der Waals surface area contributed by atoms with Gasteiger partial charge in [-0.25, -0.2) is 4.39 Å². The van der Waals surface area contributed by atoms with E-state index in [-0.39, 0.29) is 17.8 Å². The van der Waals surface area contributed by atoms with Crippen LogP contribution in [0, 0.1) is 19.7 Å². The van der Waals surface area contributed by atoms with Gasteiger partial charge in [0.25, 0.3) is 0 Å². The van der Waals surface area contributed by atoms with E-state index >= 15 is 0 Å². The van der Waals surface area contributed by atoms with Crippen LogP contribution in [0.25, 0.3) is 11.1 Å². The number of aryl methyl sites for hydroxylation is 2. The molecule has 0 saturated carbocycles. The molecule has 1 aromatic heterocycles. The standard InChI is InChI=1S/C31H35FN2O4/c1-21-27(20-28(35)36)30(34-16-14-31(15-17-34)13-3-18-38-31)29(22(2)33-21)24-6-10-26(11-7-24)37-19-12-23-4-8-25(32)9-5-23/h4-11H,3,12-20H2,1-2H3,(H,35,36). The van der Waals surface area contributed by atoms with Crippen LogP contribution in [-0.2, 0) is 22.4 Å². The topological polar surface area (TPSA) is 71.9 Å². The fourth-order valence-electron chi connectivity index (χ4n) is 5.87. The molecule has 38 heavy (non-hydrogen) atoms. The molecule has 2 saturated heterocycles. The molecular weight excluding hydrogens is 483 g/mol. The second-order valence-electron chi connectivity index (χ2n) is 10.4. The summed E-state index contributed by atoms with van der Waals surface area (Å²) in [5.74, 6) is -0.351. The number of pyridine rings is 1. The minimum atomic E-state index is -0.858. The Labute approximate surface area is 223 Å². The molecule has 2 fully saturated rings. The largest absolute Gasteiger partial charge is 0.493 e. The number of rotatable bonds is 8. The molecule has 6 nitrogen and oxygen atoms in total. The van der Waals surface area contributed by atoms with E-state index in [1.54, 1.807) is 12.1 Å². The van der Waals surface area contributed by atoms with Gasteiger partial charge < -0.3 is 19.5 Å². The zero-order chi connectivity index (χ0) is 26.7. The van der Waals surface area contributed by atoms with Crippen molar-refractivity contribution in [2.45, 2.75) is 58.0 Å². The number of benzene rings is 2. The summed E-state index contributed by atoms with van der Waals surface area (Å²) < 4.78 is 25.2. The molecule has 0 radical (unpaired) electrons. The minimum absolute atomic E-state index is 0.0202. The summed E-state index contributed by atoms with van der Waals surface area (Å²) in [4.78, 5) is 19.0. The molecule has 200 valence electrons. The number of anilines is 1. The molecule has 5 rings (SSSR count). The number of hydrogen-bond donors (Lipinski definition) is 1. The van der Waals surface area contributed by atoms with Gasteiger partial charge in [0.05, 0.1) is 24.3 Å². The van der Waals surface area contributed by atoms with Crippen LogP contribution in [0.15, 0.2) is 48.5 Å². The number of carboxylic acid groups (broad SMARTS) is 1. The van der Waals surface area contributed by atoms with Gasteiger partial charge in [-0.3, -0.25) is 9.78 Å². The third kappa shape index (κ3) is 5.68. The number of aromatic nitrogens is 1. The van der Waals surface area contributed by atoms with E-state index in [2.05, 4.69) is 4.90 Å². The first kappa shape index (κ1) is 26.2. The number of piperidine rings is 1. The van der Waals surface area contributed by atoms with Gasteiger partial charge in [-0.1, -0.05) is 24.3 Å². The Hall–Kier alpha value is -3.45. The first-order valence-corrected chi connectivity index (χ1v) is 13.4. The molecule has 3 aromatic rings. The molecule has 2 aromatic carbocycles. The number of aliphatic carboxylic acids is 1. The van der Waals surface area contributed by atoms with Crippen LogP contribution in [0.3, 0.4) is 0 Å². The second kappa shape index (κ2) is 11.1. The minimum Gasteiger partial charge on any atom is -0.493 e. The van der Waals surface area contributed by atoms with Gasteiger partial charge >= 0.3 is 5.97 Å². The maximum atomic E-state index is 13.1. The number of carbonyl (C=O) groups is 1. The van der Waals surface area contributed by atoms with Crippen molar-refractivity contribution < 1.29 is 23.8 Å². The Kier molecular flexibility index (Phi) is 7.65. The van der Waals surface area contributed by atoms with Crippen LogP contribution in [0.4, 0.5) is 10.1 Å². The number of ether oxygens (including phenoxy) is 2. The van der Waals surface area contributed by atoms with Crippen molar-refractivity contribution in [3.63, 3.8) is 0 Å². The lowest BCUT2D eigenvalue weighted by molar-refractivity contribution is -0.136. The van der Waals surface area contributed by atoms with Crippen LogP contribution in [0.5, 0.6) is 5.75 Å². The summed E-state index contributed by atoms with van der Waals surface area (Å²) in [6.45, 7) is 6.88. The van der Waals surface area contributed by atoms with E-state index in [4.69, 9.17) is 14.5 Å². The van der Waals surface area contributed by atoms with Crippen molar-refractivity contribution in [2.75, 3.05) is 31.2 Å². The Morgan fingerprint density at radius 3 is 2.39 bits per heavy atom. The maximum absolute atomic E-state index is 13.1. The van der Waals surface area contributed by atoms with Crippen molar-refractivity contribution in [1.29, 1.82) is 0 Å². The van der Waals surface area contributed by atoms with Crippen molar-refractivity contribution in [3.05, 3.63) is 76.9 Å². The van der Waals surface area contributed by atoms with Gasteiger partial charge in [0, 0.05) is 48.6 Å². The summed E-state index contributed by atoms with van der Waals surface area (Å²) >= 11 is 0. The Morgan fingerprint density at radius 1 is 1.05 bits per heavy atom. The number of hydrogen-bond acceptors (Lipinski definition) is 5. The van der Waals surface area contributed by atoms with Crippen molar-refractivity contribution in [1.82, 2.24) is 4.98 Å². The third-order valence-corrected chi connectivity index (χ3v) is 7.88. The fraction of sp³-hybridized carbons (Fsp3) is 0.419. The fourth-order valence-corrected chi connectivity index (χ4v) is 5.87. The molecule has 0 atom stereocenters. The van der Waals surface area contributed by atoms with E-state index in [1.165, 1.54) is 12.1 Å². The quantitative estimate of drug-likeness (QED) is 0.400. The van der Waals surface area contributed by atoms with Gasteiger partial charge in [0.2, 0.25) is 0 Å². The summed E-state index contributed by atoms with van der Waals surface area (Å²) in [7, 11) is 0. The molecule has 0 amide bonds. The molecule has 3 heterocycles. The summed E-state index contributed by atoms with van der Waals surface area (Å²) in [5, 5.41) is 9.73. The Morgan fingerprint density at radius 2 is 1.76 bits per heavy atom. The lowest BCUT2D eigenvalue weighted by Gasteiger charge is -2.41. The van der Waals surface area contributed by atoms with Gasteiger partial charge in [0.15, 0.2) is 0 Å². The lowest BCUT2D eigenvalue weighted by atomic mass is 9.87. The molecular formula is C31H35FN2O4. The molecule has 1 spiro atoms. The van der Waals surface area contributed by atoms with Gasteiger partial charge in [-0.2, -0.15) is 0 Å². The molecule has 7 heteroatoms. The van der Waals surface area contributed by atoms with Crippen molar-refractivity contribution in [2.24, 2.45) is 0 Å². The highest BCUT2D eigenvalue weighted by Crippen LogP contribution is 2.43. The van der Waals surface area contributed by atoms with Crippen LogP contribution < -0.4 is 9.64 Å². The van der Waals surface area contributed by atoms with Gasteiger partial charge in [-0.05, 0) is 74.9 Å². The molecule has 2 aliphatic heterocycles. The monoisotopic (exact) mass is 518 g/mol. The summed E-state index contributed by atoms with van der Waals surface area (Å²) in [6, 6.07) is 14.4. The van der Waals surface area contributed by atoms with Gasteiger partial charge in [-0.15, -0.1) is 0 Å². The highest BCUT2D eigenvalue weighted by molar-refractivity contribution is 5.86. The molecule has 0 bridgehead atoms. The van der Waals surface area contributed by atoms with E-state index in [0.29, 0.717) is 13.0 Å².